The molecule has 84 valence electrons. The minimum absolute atomic E-state index is 0.707. The number of fused-ring (bicyclic) bond motifs is 1. The van der Waals surface area contributed by atoms with Crippen molar-refractivity contribution in [2.75, 3.05) is 12.3 Å². The molecule has 0 saturated heterocycles. The summed E-state index contributed by atoms with van der Waals surface area (Å²) in [6, 6.07) is 12.3. The zero-order chi connectivity index (χ0) is 11.4. The highest BCUT2D eigenvalue weighted by atomic mass is 35.5. The van der Waals surface area contributed by atoms with Gasteiger partial charge in [0.25, 0.3) is 0 Å². The first kappa shape index (κ1) is 12.1. The number of nitrogens with two attached hydrogens (primary N) is 1. The minimum Gasteiger partial charge on any atom is -0.330 e. The van der Waals surface area contributed by atoms with Gasteiger partial charge in [0.15, 0.2) is 0 Å². The molecule has 4 heteroatoms. The fourth-order valence-corrected chi connectivity index (χ4v) is 3.69. The Morgan fingerprint density at radius 2 is 2.00 bits per heavy atom. The van der Waals surface area contributed by atoms with Crippen LogP contribution in [0.3, 0.4) is 0 Å². The van der Waals surface area contributed by atoms with Crippen molar-refractivity contribution in [1.82, 2.24) is 0 Å². The van der Waals surface area contributed by atoms with Gasteiger partial charge in [0, 0.05) is 27.6 Å². The number of rotatable bonds is 4. The normalized spacial score (nSPS) is 10.9. The Bertz CT molecular complexity index is 487. The van der Waals surface area contributed by atoms with Crippen LogP contribution in [0.15, 0.2) is 41.3 Å². The van der Waals surface area contributed by atoms with Crippen molar-refractivity contribution < 1.29 is 0 Å². The molecule has 0 aliphatic heterocycles. The summed E-state index contributed by atoms with van der Waals surface area (Å²) in [6.07, 6.45) is 0. The number of hydrogen-bond acceptors (Lipinski definition) is 3. The average molecular weight is 270 g/mol. The van der Waals surface area contributed by atoms with Gasteiger partial charge in [0.2, 0.25) is 0 Å². The van der Waals surface area contributed by atoms with E-state index in [1.807, 2.05) is 24.3 Å². The lowest BCUT2D eigenvalue weighted by atomic mass is 10.1. The lowest BCUT2D eigenvalue weighted by Gasteiger charge is -2.04. The first-order chi connectivity index (χ1) is 7.81. The fraction of sp³-hybridized carbons (Fsp3) is 0.167. The van der Waals surface area contributed by atoms with Gasteiger partial charge in [-0.25, -0.2) is 0 Å². The molecule has 0 amide bonds. The Balaban J connectivity index is 2.27. The van der Waals surface area contributed by atoms with Crippen LogP contribution < -0.4 is 5.73 Å². The second-order valence-electron chi connectivity index (χ2n) is 3.32. The predicted molar refractivity (Wildman–Crippen MR) is 76.3 cm³/mol. The molecule has 2 rings (SSSR count). The quantitative estimate of drug-likeness (QED) is 0.666. The molecule has 0 aliphatic carbocycles. The maximum atomic E-state index is 6.23. The van der Waals surface area contributed by atoms with Gasteiger partial charge < -0.3 is 5.73 Å². The molecular formula is C12H12ClNS2. The lowest BCUT2D eigenvalue weighted by molar-refractivity contribution is 1.16. The van der Waals surface area contributed by atoms with Crippen molar-refractivity contribution in [3.63, 3.8) is 0 Å². The van der Waals surface area contributed by atoms with E-state index in [0.717, 1.165) is 16.2 Å². The van der Waals surface area contributed by atoms with Gasteiger partial charge in [0.1, 0.15) is 0 Å². The molecule has 2 aromatic rings. The maximum absolute atomic E-state index is 6.23. The summed E-state index contributed by atoms with van der Waals surface area (Å²) in [4.78, 5) is 1.18. The van der Waals surface area contributed by atoms with Crippen molar-refractivity contribution in [2.45, 2.75) is 4.90 Å². The van der Waals surface area contributed by atoms with Gasteiger partial charge in [-0.2, -0.15) is 0 Å². The molecule has 16 heavy (non-hydrogen) atoms. The monoisotopic (exact) mass is 269 g/mol. The molecule has 0 heterocycles. The average Bonchev–Trinajstić information content (AvgIpc) is 2.30. The summed E-state index contributed by atoms with van der Waals surface area (Å²) in [7, 11) is 3.48. The minimum atomic E-state index is 0.707. The van der Waals surface area contributed by atoms with Crippen LogP contribution in [0.1, 0.15) is 0 Å². The van der Waals surface area contributed by atoms with Gasteiger partial charge in [-0.05, 0) is 17.5 Å². The fourth-order valence-electron chi connectivity index (χ4n) is 1.44. The van der Waals surface area contributed by atoms with Crippen LogP contribution in [0.25, 0.3) is 10.8 Å². The van der Waals surface area contributed by atoms with Crippen LogP contribution in [0.4, 0.5) is 0 Å². The van der Waals surface area contributed by atoms with E-state index >= 15 is 0 Å². The van der Waals surface area contributed by atoms with Crippen molar-refractivity contribution in [3.05, 3.63) is 41.4 Å². The van der Waals surface area contributed by atoms with E-state index in [2.05, 4.69) is 12.1 Å². The maximum Gasteiger partial charge on any atom is 0.0495 e. The Kier molecular flexibility index (Phi) is 4.41. The van der Waals surface area contributed by atoms with E-state index in [1.165, 1.54) is 10.3 Å². The zero-order valence-electron chi connectivity index (χ0n) is 8.65. The molecule has 0 aromatic heterocycles. The SMILES string of the molecule is NCCSSc1cc(Cl)c2ccccc2c1. The molecule has 2 aromatic carbocycles. The van der Waals surface area contributed by atoms with Crippen molar-refractivity contribution in [2.24, 2.45) is 5.73 Å². The van der Waals surface area contributed by atoms with Gasteiger partial charge in [-0.1, -0.05) is 57.5 Å². The van der Waals surface area contributed by atoms with Crippen molar-refractivity contribution >= 4 is 44.0 Å². The number of benzene rings is 2. The molecule has 2 N–H and O–H groups in total. The summed E-state index contributed by atoms with van der Waals surface area (Å²) in [6.45, 7) is 0.707. The molecule has 0 saturated carbocycles. The van der Waals surface area contributed by atoms with E-state index in [0.29, 0.717) is 6.54 Å². The molecule has 0 unspecified atom stereocenters. The van der Waals surface area contributed by atoms with Crippen molar-refractivity contribution in [3.8, 4) is 0 Å². The molecule has 1 nitrogen and oxygen atoms in total. The molecule has 0 bridgehead atoms. The third-order valence-electron chi connectivity index (χ3n) is 2.14. The van der Waals surface area contributed by atoms with Gasteiger partial charge >= 0.3 is 0 Å². The van der Waals surface area contributed by atoms with Crippen LogP contribution >= 0.6 is 33.2 Å². The van der Waals surface area contributed by atoms with Crippen LogP contribution in [0.5, 0.6) is 0 Å². The smallest absolute Gasteiger partial charge is 0.0495 e. The molecular weight excluding hydrogens is 258 g/mol. The Morgan fingerprint density at radius 3 is 2.81 bits per heavy atom. The van der Waals surface area contributed by atoms with Crippen LogP contribution in [0.2, 0.25) is 5.02 Å². The highest BCUT2D eigenvalue weighted by molar-refractivity contribution is 8.76. The summed E-state index contributed by atoms with van der Waals surface area (Å²) >= 11 is 6.23. The second-order valence-corrected chi connectivity index (χ2v) is 6.22. The highest BCUT2D eigenvalue weighted by Crippen LogP contribution is 2.35. The Morgan fingerprint density at radius 1 is 1.19 bits per heavy atom. The predicted octanol–water partition coefficient (Wildman–Crippen LogP) is 4.19. The standard InChI is InChI=1S/C12H12ClNS2/c13-12-8-10(16-15-6-5-14)7-9-3-1-2-4-11(9)12/h1-4,7-8H,5-6,14H2. The van der Waals surface area contributed by atoms with E-state index in [4.69, 9.17) is 17.3 Å². The van der Waals surface area contributed by atoms with E-state index in [9.17, 15) is 0 Å². The highest BCUT2D eigenvalue weighted by Gasteiger charge is 2.02. The van der Waals surface area contributed by atoms with Gasteiger partial charge in [-0.3, -0.25) is 0 Å². The van der Waals surface area contributed by atoms with Crippen LogP contribution in [-0.4, -0.2) is 12.3 Å². The van der Waals surface area contributed by atoms with Crippen LogP contribution in [-0.2, 0) is 0 Å². The Hall–Kier alpha value is -0.350. The van der Waals surface area contributed by atoms with E-state index in [1.54, 1.807) is 21.6 Å². The van der Waals surface area contributed by atoms with E-state index in [-0.39, 0.29) is 0 Å². The number of hydrogen-bond donors (Lipinski definition) is 1. The number of halogens is 1. The summed E-state index contributed by atoms with van der Waals surface area (Å²) < 4.78 is 0. The van der Waals surface area contributed by atoms with Gasteiger partial charge in [-0.15, -0.1) is 0 Å². The molecule has 0 aliphatic rings. The zero-order valence-corrected chi connectivity index (χ0v) is 11.0. The third-order valence-corrected chi connectivity index (χ3v) is 4.83. The molecule has 0 radical (unpaired) electrons. The molecule has 0 atom stereocenters. The van der Waals surface area contributed by atoms with Crippen LogP contribution in [0, 0.1) is 0 Å². The first-order valence-corrected chi connectivity index (χ1v) is 7.69. The van der Waals surface area contributed by atoms with E-state index < -0.39 is 0 Å². The lowest BCUT2D eigenvalue weighted by Crippen LogP contribution is -1.99. The summed E-state index contributed by atoms with van der Waals surface area (Å²) in [5.41, 5.74) is 5.45. The summed E-state index contributed by atoms with van der Waals surface area (Å²) in [5, 5.41) is 3.11. The second kappa shape index (κ2) is 5.82. The third kappa shape index (κ3) is 2.86. The molecule has 0 spiro atoms. The van der Waals surface area contributed by atoms with Gasteiger partial charge in [0.05, 0.1) is 0 Å². The summed E-state index contributed by atoms with van der Waals surface area (Å²) in [5.74, 6) is 0.953. The Labute approximate surface area is 108 Å². The molecule has 0 fully saturated rings. The van der Waals surface area contributed by atoms with Crippen molar-refractivity contribution in [1.29, 1.82) is 0 Å². The largest absolute Gasteiger partial charge is 0.330 e. The first-order valence-electron chi connectivity index (χ1n) is 4.99. The topological polar surface area (TPSA) is 26.0 Å².